The monoisotopic (exact) mass is 320 g/mol. The van der Waals surface area contributed by atoms with Gasteiger partial charge in [0.2, 0.25) is 0 Å². The van der Waals surface area contributed by atoms with Crippen molar-refractivity contribution in [2.24, 2.45) is 0 Å². The Balaban J connectivity index is 1.73. The maximum absolute atomic E-state index is 12.4. The average Bonchev–Trinajstić information content (AvgIpc) is 3.16. The number of nitrogens with zero attached hydrogens (tertiary/aromatic N) is 3. The summed E-state index contributed by atoms with van der Waals surface area (Å²) in [7, 11) is 0. The van der Waals surface area contributed by atoms with Gasteiger partial charge in [0.15, 0.2) is 0 Å². The number of carbonyl (C=O) groups is 2. The third-order valence-electron chi connectivity index (χ3n) is 3.90. The van der Waals surface area contributed by atoms with E-state index in [1.165, 1.54) is 12.3 Å². The number of nitriles is 1. The molecular formula is C18H16N4O2. The molecular weight excluding hydrogens is 304 g/mol. The van der Waals surface area contributed by atoms with Gasteiger partial charge >= 0.3 is 0 Å². The molecule has 1 aromatic heterocycles. The van der Waals surface area contributed by atoms with Crippen LogP contribution < -0.4 is 5.32 Å². The van der Waals surface area contributed by atoms with Crippen LogP contribution in [0.4, 0.5) is 5.69 Å². The molecule has 0 saturated carbocycles. The smallest absolute Gasteiger partial charge is 0.274 e. The summed E-state index contributed by atoms with van der Waals surface area (Å²) in [6.45, 7) is 1.52. The minimum absolute atomic E-state index is 0.0673. The lowest BCUT2D eigenvalue weighted by Crippen LogP contribution is -2.28. The maximum Gasteiger partial charge on any atom is 0.274 e. The van der Waals surface area contributed by atoms with E-state index in [2.05, 4.69) is 10.3 Å². The second-order valence-electron chi connectivity index (χ2n) is 5.57. The van der Waals surface area contributed by atoms with Crippen LogP contribution in [0.3, 0.4) is 0 Å². The van der Waals surface area contributed by atoms with Crippen molar-refractivity contribution < 1.29 is 9.59 Å². The summed E-state index contributed by atoms with van der Waals surface area (Å²) < 4.78 is 0. The Kier molecular flexibility index (Phi) is 4.52. The first-order valence-corrected chi connectivity index (χ1v) is 7.74. The number of hydrogen-bond donors (Lipinski definition) is 1. The highest BCUT2D eigenvalue weighted by molar-refractivity contribution is 6.04. The number of carbonyl (C=O) groups excluding carboxylic acids is 2. The van der Waals surface area contributed by atoms with Crippen LogP contribution in [0.2, 0.25) is 0 Å². The first kappa shape index (κ1) is 15.7. The van der Waals surface area contributed by atoms with Crippen LogP contribution in [-0.2, 0) is 0 Å². The van der Waals surface area contributed by atoms with Crippen LogP contribution in [0.1, 0.15) is 39.3 Å². The summed E-state index contributed by atoms with van der Waals surface area (Å²) >= 11 is 0. The zero-order valence-corrected chi connectivity index (χ0v) is 13.0. The highest BCUT2D eigenvalue weighted by Gasteiger charge is 2.20. The van der Waals surface area contributed by atoms with Crippen LogP contribution in [0.25, 0.3) is 0 Å². The van der Waals surface area contributed by atoms with E-state index < -0.39 is 5.91 Å². The Bertz CT molecular complexity index is 803. The standard InChI is InChI=1S/C18H16N4O2/c19-12-13-3-5-15(6-4-13)21-17(23)16-11-14(7-8-20-16)18(24)22-9-1-2-10-22/h3-8,11H,1-2,9-10H2,(H,21,23). The van der Waals surface area contributed by atoms with Gasteiger partial charge in [0.1, 0.15) is 5.69 Å². The number of rotatable bonds is 3. The van der Waals surface area contributed by atoms with Crippen molar-refractivity contribution in [2.45, 2.75) is 12.8 Å². The van der Waals surface area contributed by atoms with E-state index in [0.29, 0.717) is 16.8 Å². The second-order valence-corrected chi connectivity index (χ2v) is 5.57. The van der Waals surface area contributed by atoms with E-state index >= 15 is 0 Å². The number of benzene rings is 1. The largest absolute Gasteiger partial charge is 0.339 e. The van der Waals surface area contributed by atoms with Crippen LogP contribution in [0, 0.1) is 11.3 Å². The lowest BCUT2D eigenvalue weighted by Gasteiger charge is -2.15. The van der Waals surface area contributed by atoms with Crippen molar-refractivity contribution in [1.29, 1.82) is 5.26 Å². The lowest BCUT2D eigenvalue weighted by atomic mass is 10.2. The number of hydrogen-bond acceptors (Lipinski definition) is 4. The van der Waals surface area contributed by atoms with Gasteiger partial charge in [-0.1, -0.05) is 0 Å². The minimum atomic E-state index is -0.393. The molecule has 0 atom stereocenters. The van der Waals surface area contributed by atoms with Gasteiger partial charge in [-0.3, -0.25) is 14.6 Å². The van der Waals surface area contributed by atoms with Gasteiger partial charge in [0.25, 0.3) is 11.8 Å². The Hall–Kier alpha value is -3.20. The van der Waals surface area contributed by atoms with Crippen molar-refractivity contribution in [3.8, 4) is 6.07 Å². The van der Waals surface area contributed by atoms with Gasteiger partial charge in [-0.2, -0.15) is 5.26 Å². The molecule has 0 aliphatic carbocycles. The number of anilines is 1. The van der Waals surface area contributed by atoms with Gasteiger partial charge in [-0.15, -0.1) is 0 Å². The molecule has 1 aliphatic rings. The van der Waals surface area contributed by atoms with E-state index in [4.69, 9.17) is 5.26 Å². The van der Waals surface area contributed by atoms with Gasteiger partial charge in [-0.05, 0) is 49.2 Å². The summed E-state index contributed by atoms with van der Waals surface area (Å²) in [6, 6.07) is 11.7. The summed E-state index contributed by atoms with van der Waals surface area (Å²) in [5.74, 6) is -0.460. The van der Waals surface area contributed by atoms with E-state index in [-0.39, 0.29) is 11.6 Å². The van der Waals surface area contributed by atoms with Gasteiger partial charge in [0.05, 0.1) is 11.6 Å². The number of pyridine rings is 1. The molecule has 24 heavy (non-hydrogen) atoms. The number of nitrogens with one attached hydrogen (secondary N) is 1. The molecule has 1 aromatic carbocycles. The second kappa shape index (κ2) is 6.92. The predicted octanol–water partition coefficient (Wildman–Crippen LogP) is 2.44. The third kappa shape index (κ3) is 3.41. The minimum Gasteiger partial charge on any atom is -0.339 e. The quantitative estimate of drug-likeness (QED) is 0.941. The first-order chi connectivity index (χ1) is 11.7. The van der Waals surface area contributed by atoms with Crippen molar-refractivity contribution in [3.05, 3.63) is 59.4 Å². The highest BCUT2D eigenvalue weighted by atomic mass is 16.2. The number of aromatic nitrogens is 1. The molecule has 0 spiro atoms. The van der Waals surface area contributed by atoms with Crippen LogP contribution >= 0.6 is 0 Å². The molecule has 0 unspecified atom stereocenters. The molecule has 1 saturated heterocycles. The Morgan fingerprint density at radius 1 is 1.12 bits per heavy atom. The molecule has 6 heteroatoms. The fourth-order valence-corrected chi connectivity index (χ4v) is 2.61. The fraction of sp³-hybridized carbons (Fsp3) is 0.222. The normalized spacial score (nSPS) is 13.4. The van der Waals surface area contributed by atoms with Crippen molar-refractivity contribution in [3.63, 3.8) is 0 Å². The molecule has 6 nitrogen and oxygen atoms in total. The molecule has 2 heterocycles. The lowest BCUT2D eigenvalue weighted by molar-refractivity contribution is 0.0792. The van der Waals surface area contributed by atoms with Crippen molar-refractivity contribution >= 4 is 17.5 Å². The molecule has 2 amide bonds. The summed E-state index contributed by atoms with van der Waals surface area (Å²) in [5, 5.41) is 11.5. The van der Waals surface area contributed by atoms with Crippen LogP contribution in [0.5, 0.6) is 0 Å². The zero-order chi connectivity index (χ0) is 16.9. The summed E-state index contributed by atoms with van der Waals surface area (Å²) in [4.78, 5) is 30.5. The van der Waals surface area contributed by atoms with Gasteiger partial charge in [-0.25, -0.2) is 0 Å². The topological polar surface area (TPSA) is 86.1 Å². The zero-order valence-electron chi connectivity index (χ0n) is 13.0. The molecule has 1 N–H and O–H groups in total. The van der Waals surface area contributed by atoms with Gasteiger partial charge in [0, 0.05) is 30.5 Å². The van der Waals surface area contributed by atoms with E-state index in [1.807, 2.05) is 6.07 Å². The summed E-state index contributed by atoms with van der Waals surface area (Å²) in [6.07, 6.45) is 3.50. The van der Waals surface area contributed by atoms with E-state index in [9.17, 15) is 9.59 Å². The van der Waals surface area contributed by atoms with E-state index in [0.717, 1.165) is 25.9 Å². The van der Waals surface area contributed by atoms with Crippen molar-refractivity contribution in [1.82, 2.24) is 9.88 Å². The Morgan fingerprint density at radius 2 is 1.83 bits per heavy atom. The molecule has 0 radical (unpaired) electrons. The summed E-state index contributed by atoms with van der Waals surface area (Å²) in [5.41, 5.74) is 1.74. The maximum atomic E-state index is 12.4. The molecule has 0 bridgehead atoms. The fourth-order valence-electron chi connectivity index (χ4n) is 2.61. The van der Waals surface area contributed by atoms with Crippen LogP contribution in [0.15, 0.2) is 42.6 Å². The first-order valence-electron chi connectivity index (χ1n) is 7.74. The number of amides is 2. The van der Waals surface area contributed by atoms with Crippen LogP contribution in [-0.4, -0.2) is 34.8 Å². The molecule has 3 rings (SSSR count). The third-order valence-corrected chi connectivity index (χ3v) is 3.90. The predicted molar refractivity (Wildman–Crippen MR) is 88.5 cm³/mol. The van der Waals surface area contributed by atoms with Crippen molar-refractivity contribution in [2.75, 3.05) is 18.4 Å². The molecule has 1 fully saturated rings. The molecule has 1 aliphatic heterocycles. The molecule has 2 aromatic rings. The Morgan fingerprint density at radius 3 is 2.50 bits per heavy atom. The van der Waals surface area contributed by atoms with E-state index in [1.54, 1.807) is 35.2 Å². The van der Waals surface area contributed by atoms with Gasteiger partial charge < -0.3 is 10.2 Å². The number of likely N-dealkylation sites (tertiary alicyclic amines) is 1. The highest BCUT2D eigenvalue weighted by Crippen LogP contribution is 2.14. The molecule has 120 valence electrons. The Labute approximate surface area is 139 Å². The average molecular weight is 320 g/mol. The SMILES string of the molecule is N#Cc1ccc(NC(=O)c2cc(C(=O)N3CCCC3)ccn2)cc1.